The van der Waals surface area contributed by atoms with Gasteiger partial charge in [0.2, 0.25) is 11.1 Å². The summed E-state index contributed by atoms with van der Waals surface area (Å²) in [5, 5.41) is -0.455. The summed E-state index contributed by atoms with van der Waals surface area (Å²) in [6.07, 6.45) is 0.175. The first-order valence-electron chi connectivity index (χ1n) is 7.40. The number of amides is 1. The van der Waals surface area contributed by atoms with Gasteiger partial charge in [-0.05, 0) is 41.4 Å². The van der Waals surface area contributed by atoms with Crippen molar-refractivity contribution in [3.8, 4) is 5.75 Å². The van der Waals surface area contributed by atoms with E-state index in [1.807, 2.05) is 54.6 Å². The van der Waals surface area contributed by atoms with Crippen LogP contribution in [0.25, 0.3) is 0 Å². The van der Waals surface area contributed by atoms with Crippen LogP contribution in [0.5, 0.6) is 5.75 Å². The lowest BCUT2D eigenvalue weighted by Gasteiger charge is -2.16. The number of benzene rings is 2. The fourth-order valence-corrected chi connectivity index (χ4v) is 2.72. The second-order valence-electron chi connectivity index (χ2n) is 5.48. The summed E-state index contributed by atoms with van der Waals surface area (Å²) < 4.78 is 5.72. The third-order valence-corrected chi connectivity index (χ3v) is 4.15. The number of rotatable bonds is 5. The third-order valence-electron chi connectivity index (χ3n) is 3.84. The lowest BCUT2D eigenvalue weighted by atomic mass is 10.1. The molecule has 118 valence electrons. The number of hydrogen-bond acceptors (Lipinski definition) is 3. The molecule has 1 saturated heterocycles. The number of carbonyl (C=O) groups is 2. The minimum Gasteiger partial charge on any atom is -0.489 e. The van der Waals surface area contributed by atoms with Crippen LogP contribution >= 0.6 is 11.6 Å². The van der Waals surface area contributed by atoms with Crippen LogP contribution in [0.1, 0.15) is 12.0 Å². The van der Waals surface area contributed by atoms with Gasteiger partial charge in [-0.25, -0.2) is 0 Å². The van der Waals surface area contributed by atoms with Gasteiger partial charge in [0.25, 0.3) is 0 Å². The number of hydrogen-bond donors (Lipinski definition) is 0. The van der Waals surface area contributed by atoms with Crippen molar-refractivity contribution in [2.24, 2.45) is 5.92 Å². The Bertz CT molecular complexity index is 700. The predicted molar refractivity (Wildman–Crippen MR) is 88.5 cm³/mol. The maximum Gasteiger partial charge on any atom is 0.227 e. The van der Waals surface area contributed by atoms with Crippen molar-refractivity contribution in [3.63, 3.8) is 0 Å². The summed E-state index contributed by atoms with van der Waals surface area (Å²) in [5.41, 5.74) is 1.84. The number of nitrogens with zero attached hydrogens (tertiary/aromatic N) is 1. The highest BCUT2D eigenvalue weighted by atomic mass is 35.5. The molecule has 2 aromatic carbocycles. The van der Waals surface area contributed by atoms with Gasteiger partial charge < -0.3 is 9.64 Å². The molecule has 1 fully saturated rings. The van der Waals surface area contributed by atoms with Gasteiger partial charge >= 0.3 is 0 Å². The average Bonchev–Trinajstić information content (AvgIpc) is 2.97. The van der Waals surface area contributed by atoms with Gasteiger partial charge in [-0.2, -0.15) is 0 Å². The summed E-state index contributed by atoms with van der Waals surface area (Å²) in [4.78, 5) is 24.8. The Morgan fingerprint density at radius 3 is 2.43 bits per heavy atom. The van der Waals surface area contributed by atoms with Crippen molar-refractivity contribution in [2.45, 2.75) is 13.0 Å². The first-order valence-corrected chi connectivity index (χ1v) is 7.78. The number of ether oxygens (including phenoxy) is 1. The van der Waals surface area contributed by atoms with Gasteiger partial charge in [-0.1, -0.05) is 30.3 Å². The van der Waals surface area contributed by atoms with E-state index in [2.05, 4.69) is 0 Å². The summed E-state index contributed by atoms with van der Waals surface area (Å²) in [6, 6.07) is 17.2. The highest BCUT2D eigenvalue weighted by Crippen LogP contribution is 2.28. The largest absolute Gasteiger partial charge is 0.489 e. The zero-order valence-corrected chi connectivity index (χ0v) is 13.2. The van der Waals surface area contributed by atoms with Gasteiger partial charge in [0.05, 0.1) is 5.92 Å². The maximum absolute atomic E-state index is 12.0. The lowest BCUT2D eigenvalue weighted by Crippen LogP contribution is -2.25. The predicted octanol–water partition coefficient (Wildman–Crippen LogP) is 3.38. The number of halogens is 1. The quantitative estimate of drug-likeness (QED) is 0.790. The molecule has 1 amide bonds. The van der Waals surface area contributed by atoms with Crippen molar-refractivity contribution in [3.05, 3.63) is 60.2 Å². The standard InChI is InChI=1S/C18H16ClNO3/c19-18(22)14-10-17(21)20(11-14)15-6-8-16(9-7-15)23-12-13-4-2-1-3-5-13/h1-9,14H,10-12H2. The van der Waals surface area contributed by atoms with E-state index in [4.69, 9.17) is 16.3 Å². The normalized spacial score (nSPS) is 17.3. The summed E-state index contributed by atoms with van der Waals surface area (Å²) in [6.45, 7) is 0.830. The minimum atomic E-state index is -0.455. The van der Waals surface area contributed by atoms with Gasteiger partial charge in [0, 0.05) is 18.7 Å². The molecular formula is C18H16ClNO3. The first kappa shape index (κ1) is 15.6. The van der Waals surface area contributed by atoms with E-state index in [0.29, 0.717) is 13.2 Å². The van der Waals surface area contributed by atoms with E-state index >= 15 is 0 Å². The molecule has 4 nitrogen and oxygen atoms in total. The molecule has 0 spiro atoms. The highest BCUT2D eigenvalue weighted by Gasteiger charge is 2.34. The molecule has 1 unspecified atom stereocenters. The Labute approximate surface area is 139 Å². The summed E-state index contributed by atoms with van der Waals surface area (Å²) in [7, 11) is 0. The van der Waals surface area contributed by atoms with Crippen LogP contribution in [-0.2, 0) is 16.2 Å². The fraction of sp³-hybridized carbons (Fsp3) is 0.222. The Kier molecular flexibility index (Phi) is 4.63. The van der Waals surface area contributed by atoms with Crippen LogP contribution in [0.3, 0.4) is 0 Å². The van der Waals surface area contributed by atoms with E-state index in [-0.39, 0.29) is 12.3 Å². The van der Waals surface area contributed by atoms with Gasteiger partial charge in [0.1, 0.15) is 12.4 Å². The molecule has 0 saturated carbocycles. The van der Waals surface area contributed by atoms with Crippen molar-refractivity contribution in [1.82, 2.24) is 0 Å². The van der Waals surface area contributed by atoms with E-state index in [1.165, 1.54) is 0 Å². The zero-order chi connectivity index (χ0) is 16.2. The minimum absolute atomic E-state index is 0.0815. The van der Waals surface area contributed by atoms with Crippen LogP contribution in [0.15, 0.2) is 54.6 Å². The molecular weight excluding hydrogens is 314 g/mol. The van der Waals surface area contributed by atoms with Crippen LogP contribution in [0.2, 0.25) is 0 Å². The summed E-state index contributed by atoms with van der Waals surface area (Å²) >= 11 is 5.49. The fourth-order valence-electron chi connectivity index (χ4n) is 2.57. The molecule has 1 aliphatic rings. The summed E-state index contributed by atoms with van der Waals surface area (Å²) in [5.74, 6) is 0.231. The monoisotopic (exact) mass is 329 g/mol. The first-order chi connectivity index (χ1) is 11.1. The number of anilines is 1. The highest BCUT2D eigenvalue weighted by molar-refractivity contribution is 6.64. The molecule has 5 heteroatoms. The Hall–Kier alpha value is -2.33. The van der Waals surface area contributed by atoms with Crippen LogP contribution < -0.4 is 9.64 Å². The Balaban J connectivity index is 1.63. The third kappa shape index (κ3) is 3.71. The topological polar surface area (TPSA) is 46.6 Å². The van der Waals surface area contributed by atoms with Crippen molar-refractivity contribution in [1.29, 1.82) is 0 Å². The molecule has 0 N–H and O–H groups in total. The smallest absolute Gasteiger partial charge is 0.227 e. The second-order valence-corrected chi connectivity index (χ2v) is 5.85. The van der Waals surface area contributed by atoms with E-state index in [9.17, 15) is 9.59 Å². The zero-order valence-electron chi connectivity index (χ0n) is 12.4. The molecule has 1 atom stereocenters. The average molecular weight is 330 g/mol. The molecule has 1 aliphatic heterocycles. The Morgan fingerprint density at radius 2 is 1.83 bits per heavy atom. The van der Waals surface area contributed by atoms with Crippen LogP contribution in [-0.4, -0.2) is 17.7 Å². The number of carbonyl (C=O) groups excluding carboxylic acids is 2. The molecule has 1 heterocycles. The van der Waals surface area contributed by atoms with Crippen LogP contribution in [0.4, 0.5) is 5.69 Å². The Morgan fingerprint density at radius 1 is 1.13 bits per heavy atom. The SMILES string of the molecule is O=C(Cl)C1CC(=O)N(c2ccc(OCc3ccccc3)cc2)C1. The van der Waals surface area contributed by atoms with E-state index in [0.717, 1.165) is 17.0 Å². The van der Waals surface area contributed by atoms with E-state index < -0.39 is 11.2 Å². The van der Waals surface area contributed by atoms with Crippen molar-refractivity contribution < 1.29 is 14.3 Å². The molecule has 0 radical (unpaired) electrons. The second kappa shape index (κ2) is 6.84. The molecule has 2 aromatic rings. The van der Waals surface area contributed by atoms with Crippen molar-refractivity contribution in [2.75, 3.05) is 11.4 Å². The molecule has 3 rings (SSSR count). The lowest BCUT2D eigenvalue weighted by molar-refractivity contribution is -0.120. The van der Waals surface area contributed by atoms with Crippen LogP contribution in [0, 0.1) is 5.92 Å². The molecule has 0 aromatic heterocycles. The molecule has 23 heavy (non-hydrogen) atoms. The van der Waals surface area contributed by atoms with Gasteiger partial charge in [0.15, 0.2) is 0 Å². The van der Waals surface area contributed by atoms with E-state index in [1.54, 1.807) is 4.90 Å². The molecule has 0 aliphatic carbocycles. The maximum atomic E-state index is 12.0. The molecule has 0 bridgehead atoms. The van der Waals surface area contributed by atoms with Gasteiger partial charge in [-0.15, -0.1) is 0 Å². The van der Waals surface area contributed by atoms with Crippen molar-refractivity contribution >= 4 is 28.4 Å². The van der Waals surface area contributed by atoms with Gasteiger partial charge in [-0.3, -0.25) is 9.59 Å².